The Labute approximate surface area is 146 Å². The summed E-state index contributed by atoms with van der Waals surface area (Å²) in [5.41, 5.74) is 1.52. The van der Waals surface area contributed by atoms with Crippen molar-refractivity contribution < 1.29 is 14.5 Å². The minimum Gasteiger partial charge on any atom is -0.385 e. The van der Waals surface area contributed by atoms with E-state index in [1.54, 1.807) is 19.2 Å². The molecule has 132 valence electrons. The summed E-state index contributed by atoms with van der Waals surface area (Å²) in [4.78, 5) is 22.9. The van der Waals surface area contributed by atoms with Crippen LogP contribution in [-0.2, 0) is 11.3 Å². The Morgan fingerprint density at radius 1 is 1.20 bits per heavy atom. The maximum absolute atomic E-state index is 12.1. The average Bonchev–Trinajstić information content (AvgIpc) is 2.64. The third-order valence-corrected chi connectivity index (χ3v) is 3.59. The zero-order valence-corrected chi connectivity index (χ0v) is 14.0. The van der Waals surface area contributed by atoms with Gasteiger partial charge in [-0.25, -0.2) is 0 Å². The van der Waals surface area contributed by atoms with Gasteiger partial charge in [0.25, 0.3) is 11.6 Å². The number of amides is 1. The van der Waals surface area contributed by atoms with Crippen molar-refractivity contribution in [2.45, 2.75) is 13.0 Å². The van der Waals surface area contributed by atoms with Gasteiger partial charge in [-0.15, -0.1) is 0 Å². The zero-order valence-electron chi connectivity index (χ0n) is 14.0. The second kappa shape index (κ2) is 9.39. The molecule has 1 amide bonds. The van der Waals surface area contributed by atoms with Crippen molar-refractivity contribution in [3.63, 3.8) is 0 Å². The molecule has 0 aliphatic rings. The van der Waals surface area contributed by atoms with Crippen LogP contribution < -0.4 is 10.6 Å². The maximum Gasteiger partial charge on any atom is 0.293 e. The van der Waals surface area contributed by atoms with Crippen LogP contribution >= 0.6 is 0 Å². The molecule has 7 heteroatoms. The number of anilines is 1. The summed E-state index contributed by atoms with van der Waals surface area (Å²) in [5, 5.41) is 17.1. The maximum atomic E-state index is 12.1. The third kappa shape index (κ3) is 5.58. The summed E-state index contributed by atoms with van der Waals surface area (Å²) in [7, 11) is 1.59. The van der Waals surface area contributed by atoms with Crippen LogP contribution in [0.25, 0.3) is 0 Å². The Morgan fingerprint density at radius 3 is 2.64 bits per heavy atom. The molecule has 0 spiro atoms. The van der Waals surface area contributed by atoms with Crippen LogP contribution in [0.1, 0.15) is 22.3 Å². The normalized spacial score (nSPS) is 10.3. The fourth-order valence-electron chi connectivity index (χ4n) is 2.29. The number of hydrogen-bond acceptors (Lipinski definition) is 5. The van der Waals surface area contributed by atoms with Gasteiger partial charge in [-0.3, -0.25) is 14.9 Å². The molecular formula is C18H21N3O4. The standard InChI is InChI=1S/C18H21N3O4/c1-25-11-5-10-19-18(22)15-8-9-16(17(12-15)21(23)24)20-13-14-6-3-2-4-7-14/h2-4,6-9,12,20H,5,10-11,13H2,1H3,(H,19,22). The van der Waals surface area contributed by atoms with Gasteiger partial charge in [-0.2, -0.15) is 0 Å². The van der Waals surface area contributed by atoms with Gasteiger partial charge >= 0.3 is 0 Å². The predicted octanol–water partition coefficient (Wildman–Crippen LogP) is 2.97. The molecule has 2 N–H and O–H groups in total. The van der Waals surface area contributed by atoms with E-state index in [0.717, 1.165) is 5.56 Å². The quantitative estimate of drug-likeness (QED) is 0.415. The molecule has 0 fully saturated rings. The molecule has 0 aliphatic heterocycles. The Kier molecular flexibility index (Phi) is 6.91. The van der Waals surface area contributed by atoms with Crippen LogP contribution in [0.2, 0.25) is 0 Å². The highest BCUT2D eigenvalue weighted by molar-refractivity contribution is 5.95. The SMILES string of the molecule is COCCCNC(=O)c1ccc(NCc2ccccc2)c([N+](=O)[O-])c1. The number of carbonyl (C=O) groups is 1. The first-order valence-electron chi connectivity index (χ1n) is 7.95. The molecule has 2 aromatic carbocycles. The van der Waals surface area contributed by atoms with Gasteiger partial charge in [-0.05, 0) is 24.1 Å². The van der Waals surface area contributed by atoms with Crippen molar-refractivity contribution >= 4 is 17.3 Å². The van der Waals surface area contributed by atoms with Gasteiger partial charge in [0.15, 0.2) is 0 Å². The molecule has 2 aromatic rings. The van der Waals surface area contributed by atoms with E-state index in [-0.39, 0.29) is 17.2 Å². The van der Waals surface area contributed by atoms with Crippen molar-refractivity contribution in [3.8, 4) is 0 Å². The smallest absolute Gasteiger partial charge is 0.293 e. The molecule has 0 unspecified atom stereocenters. The molecule has 0 aromatic heterocycles. The van der Waals surface area contributed by atoms with Crippen LogP contribution in [0.3, 0.4) is 0 Å². The van der Waals surface area contributed by atoms with Crippen LogP contribution in [-0.4, -0.2) is 31.1 Å². The van der Waals surface area contributed by atoms with E-state index in [2.05, 4.69) is 10.6 Å². The number of benzene rings is 2. The number of nitro benzene ring substituents is 1. The first-order valence-corrected chi connectivity index (χ1v) is 7.95. The van der Waals surface area contributed by atoms with Gasteiger partial charge in [0.2, 0.25) is 0 Å². The Bertz CT molecular complexity index is 720. The lowest BCUT2D eigenvalue weighted by molar-refractivity contribution is -0.384. The van der Waals surface area contributed by atoms with Crippen LogP contribution in [0.5, 0.6) is 0 Å². The van der Waals surface area contributed by atoms with Gasteiger partial charge in [0.1, 0.15) is 5.69 Å². The van der Waals surface area contributed by atoms with E-state index in [4.69, 9.17) is 4.74 Å². The number of rotatable bonds is 9. The fourth-order valence-corrected chi connectivity index (χ4v) is 2.29. The van der Waals surface area contributed by atoms with E-state index in [0.29, 0.717) is 31.8 Å². The average molecular weight is 343 g/mol. The number of hydrogen-bond donors (Lipinski definition) is 2. The van der Waals surface area contributed by atoms with E-state index in [9.17, 15) is 14.9 Å². The summed E-state index contributed by atoms with van der Waals surface area (Å²) in [5.74, 6) is -0.339. The second-order valence-electron chi connectivity index (χ2n) is 5.43. The van der Waals surface area contributed by atoms with Crippen LogP contribution in [0.15, 0.2) is 48.5 Å². The lowest BCUT2D eigenvalue weighted by atomic mass is 10.1. The number of methoxy groups -OCH3 is 1. The van der Waals surface area contributed by atoms with E-state index < -0.39 is 4.92 Å². The predicted molar refractivity (Wildman–Crippen MR) is 95.7 cm³/mol. The van der Waals surface area contributed by atoms with Crippen molar-refractivity contribution in [1.82, 2.24) is 5.32 Å². The van der Waals surface area contributed by atoms with Crippen molar-refractivity contribution in [1.29, 1.82) is 0 Å². The second-order valence-corrected chi connectivity index (χ2v) is 5.43. The van der Waals surface area contributed by atoms with Crippen molar-refractivity contribution in [2.75, 3.05) is 25.6 Å². The number of nitrogens with one attached hydrogen (secondary N) is 2. The molecule has 0 saturated heterocycles. The molecule has 0 aliphatic carbocycles. The Morgan fingerprint density at radius 2 is 1.96 bits per heavy atom. The summed E-state index contributed by atoms with van der Waals surface area (Å²) < 4.78 is 4.91. The topological polar surface area (TPSA) is 93.5 Å². The first-order chi connectivity index (χ1) is 12.1. The minimum atomic E-state index is -0.491. The van der Waals surface area contributed by atoms with Gasteiger partial charge in [0.05, 0.1) is 4.92 Å². The van der Waals surface area contributed by atoms with E-state index >= 15 is 0 Å². The summed E-state index contributed by atoms with van der Waals surface area (Å²) >= 11 is 0. The Hall–Kier alpha value is -2.93. The fraction of sp³-hybridized carbons (Fsp3) is 0.278. The lowest BCUT2D eigenvalue weighted by Crippen LogP contribution is -2.25. The van der Waals surface area contributed by atoms with E-state index in [1.165, 1.54) is 6.07 Å². The highest BCUT2D eigenvalue weighted by Crippen LogP contribution is 2.26. The number of carbonyl (C=O) groups excluding carboxylic acids is 1. The van der Waals surface area contributed by atoms with Gasteiger partial charge in [0, 0.05) is 38.4 Å². The number of ether oxygens (including phenoxy) is 1. The molecule has 0 atom stereocenters. The number of nitrogens with zero attached hydrogens (tertiary/aromatic N) is 1. The van der Waals surface area contributed by atoms with Gasteiger partial charge in [-0.1, -0.05) is 30.3 Å². The Balaban J connectivity index is 2.06. The van der Waals surface area contributed by atoms with Crippen molar-refractivity contribution in [2.24, 2.45) is 0 Å². The zero-order chi connectivity index (χ0) is 18.1. The summed E-state index contributed by atoms with van der Waals surface area (Å²) in [6, 6.07) is 14.0. The molecular weight excluding hydrogens is 322 g/mol. The minimum absolute atomic E-state index is 0.125. The molecule has 0 heterocycles. The van der Waals surface area contributed by atoms with Crippen molar-refractivity contribution in [3.05, 3.63) is 69.8 Å². The lowest BCUT2D eigenvalue weighted by Gasteiger charge is -2.09. The van der Waals surface area contributed by atoms with Crippen LogP contribution in [0.4, 0.5) is 11.4 Å². The summed E-state index contributed by atoms with van der Waals surface area (Å²) in [6.07, 6.45) is 0.682. The molecule has 7 nitrogen and oxygen atoms in total. The molecule has 0 saturated carbocycles. The summed E-state index contributed by atoms with van der Waals surface area (Å²) in [6.45, 7) is 1.46. The third-order valence-electron chi connectivity index (χ3n) is 3.59. The number of nitro groups is 1. The monoisotopic (exact) mass is 343 g/mol. The highest BCUT2D eigenvalue weighted by atomic mass is 16.6. The van der Waals surface area contributed by atoms with Crippen LogP contribution in [0, 0.1) is 10.1 Å². The largest absolute Gasteiger partial charge is 0.385 e. The highest BCUT2D eigenvalue weighted by Gasteiger charge is 2.17. The molecule has 0 radical (unpaired) electrons. The molecule has 25 heavy (non-hydrogen) atoms. The first kappa shape index (κ1) is 18.4. The molecule has 2 rings (SSSR count). The van der Waals surface area contributed by atoms with E-state index in [1.807, 2.05) is 30.3 Å². The van der Waals surface area contributed by atoms with Gasteiger partial charge < -0.3 is 15.4 Å². The molecule has 0 bridgehead atoms.